The molecule has 0 fully saturated rings. The molecule has 0 aromatic heterocycles. The van der Waals surface area contributed by atoms with Gasteiger partial charge in [0.15, 0.2) is 0 Å². The second-order valence-corrected chi connectivity index (χ2v) is 24.9. The number of carbonyl (C=O) groups is 2. The molecule has 0 aliphatic rings. The van der Waals surface area contributed by atoms with Gasteiger partial charge in [-0.1, -0.05) is 359 Å². The number of hydrogen-bond donors (Lipinski definition) is 3. The van der Waals surface area contributed by atoms with Gasteiger partial charge in [0, 0.05) is 12.8 Å². The average Bonchev–Trinajstić information content (AvgIpc) is 3.45. The fraction of sp³-hybridized carbons (Fsp3) is 0.918. The van der Waals surface area contributed by atoms with Crippen LogP contribution < -0.4 is 5.32 Å². The largest absolute Gasteiger partial charge is 0.466 e. The van der Waals surface area contributed by atoms with Crippen molar-refractivity contribution in [3.63, 3.8) is 0 Å². The van der Waals surface area contributed by atoms with E-state index in [-0.39, 0.29) is 18.5 Å². The Hall–Kier alpha value is -1.66. The highest BCUT2D eigenvalue weighted by Gasteiger charge is 2.20. The highest BCUT2D eigenvalue weighted by Crippen LogP contribution is 2.19. The summed E-state index contributed by atoms with van der Waals surface area (Å²) in [6.45, 7) is 4.99. The Morgan fingerprint density at radius 1 is 0.354 bits per heavy atom. The average molecular weight is 1110 g/mol. The lowest BCUT2D eigenvalue weighted by molar-refractivity contribution is -0.143. The molecule has 0 saturated carbocycles. The second-order valence-electron chi connectivity index (χ2n) is 24.9. The number of aliphatic hydroxyl groups is 2. The molecular formula is C73H141NO5. The van der Waals surface area contributed by atoms with E-state index in [1.165, 1.54) is 327 Å². The lowest BCUT2D eigenvalue weighted by atomic mass is 10.0. The van der Waals surface area contributed by atoms with E-state index in [4.69, 9.17) is 4.74 Å². The first-order valence-electron chi connectivity index (χ1n) is 36.1. The first kappa shape index (κ1) is 77.3. The number of nitrogens with one attached hydrogen (secondary N) is 1. The zero-order chi connectivity index (χ0) is 57.1. The quantitative estimate of drug-likeness (QED) is 0.0320. The van der Waals surface area contributed by atoms with Crippen LogP contribution in [0, 0.1) is 0 Å². The van der Waals surface area contributed by atoms with Crippen molar-refractivity contribution in [1.82, 2.24) is 5.32 Å². The first-order valence-corrected chi connectivity index (χ1v) is 36.1. The Labute approximate surface area is 494 Å². The van der Waals surface area contributed by atoms with Gasteiger partial charge in [-0.2, -0.15) is 0 Å². The van der Waals surface area contributed by atoms with E-state index in [0.29, 0.717) is 25.9 Å². The molecule has 0 aromatic carbocycles. The number of amides is 1. The Kier molecular flexibility index (Phi) is 67.4. The zero-order valence-corrected chi connectivity index (χ0v) is 53.6. The summed E-state index contributed by atoms with van der Waals surface area (Å²) in [7, 11) is 0. The Morgan fingerprint density at radius 3 is 0.962 bits per heavy atom. The van der Waals surface area contributed by atoms with E-state index in [1.807, 2.05) is 0 Å². The minimum atomic E-state index is -0.663. The number of esters is 1. The predicted octanol–water partition coefficient (Wildman–Crippen LogP) is 23.3. The normalized spacial score (nSPS) is 12.6. The van der Waals surface area contributed by atoms with E-state index < -0.39 is 12.1 Å². The molecule has 0 rings (SSSR count). The number of carbonyl (C=O) groups excluding carboxylic acids is 2. The number of allylic oxidation sites excluding steroid dienone is 4. The van der Waals surface area contributed by atoms with Crippen molar-refractivity contribution in [3.8, 4) is 0 Å². The monoisotopic (exact) mass is 1110 g/mol. The standard InChI is InChI=1S/C73H141NO5/c1-3-5-7-9-11-13-15-17-19-39-43-47-51-55-59-63-67-73(78)79-68-64-60-56-52-48-44-40-36-34-32-30-28-26-24-22-20-21-23-25-27-29-31-33-35-38-42-46-50-54-58-62-66-72(77)74-70(69-75)71(76)65-61-57-53-49-45-41-37-18-16-14-12-10-8-6-4-2/h22,24,28,30,70-71,75-76H,3-21,23,25-27,29,31-69H2,1-2H3,(H,74,77)/b24-22-,30-28-. The van der Waals surface area contributed by atoms with Gasteiger partial charge < -0.3 is 20.3 Å². The second kappa shape index (κ2) is 68.8. The number of aliphatic hydroxyl groups excluding tert-OH is 2. The van der Waals surface area contributed by atoms with Crippen molar-refractivity contribution in [2.45, 2.75) is 418 Å². The molecule has 1 amide bonds. The molecule has 0 spiro atoms. The van der Waals surface area contributed by atoms with Crippen LogP contribution in [0.25, 0.3) is 0 Å². The van der Waals surface area contributed by atoms with Crippen molar-refractivity contribution in [2.24, 2.45) is 0 Å². The molecule has 0 aliphatic carbocycles. The summed E-state index contributed by atoms with van der Waals surface area (Å²) in [5.74, 6) is -0.0140. The van der Waals surface area contributed by atoms with Crippen LogP contribution in [0.5, 0.6) is 0 Å². The fourth-order valence-corrected chi connectivity index (χ4v) is 11.5. The zero-order valence-electron chi connectivity index (χ0n) is 53.6. The maximum absolute atomic E-state index is 12.5. The highest BCUT2D eigenvalue weighted by molar-refractivity contribution is 5.76. The third-order valence-electron chi connectivity index (χ3n) is 17.0. The van der Waals surface area contributed by atoms with E-state index in [0.717, 1.165) is 44.9 Å². The lowest BCUT2D eigenvalue weighted by Crippen LogP contribution is -2.45. The molecule has 0 radical (unpaired) electrons. The van der Waals surface area contributed by atoms with Crippen LogP contribution in [0.15, 0.2) is 24.3 Å². The van der Waals surface area contributed by atoms with Crippen molar-refractivity contribution >= 4 is 11.9 Å². The molecule has 2 atom stereocenters. The van der Waals surface area contributed by atoms with Gasteiger partial charge >= 0.3 is 5.97 Å². The molecule has 0 bridgehead atoms. The van der Waals surface area contributed by atoms with E-state index in [1.54, 1.807) is 0 Å². The third kappa shape index (κ3) is 65.4. The molecule has 6 heteroatoms. The molecule has 468 valence electrons. The molecular weight excluding hydrogens is 971 g/mol. The predicted molar refractivity (Wildman–Crippen MR) is 347 cm³/mol. The van der Waals surface area contributed by atoms with Gasteiger partial charge in [0.2, 0.25) is 5.91 Å². The van der Waals surface area contributed by atoms with Gasteiger partial charge in [0.05, 0.1) is 25.4 Å². The Morgan fingerprint density at radius 2 is 0.633 bits per heavy atom. The van der Waals surface area contributed by atoms with E-state index >= 15 is 0 Å². The Balaban J connectivity index is 3.37. The van der Waals surface area contributed by atoms with Gasteiger partial charge in [0.25, 0.3) is 0 Å². The number of ether oxygens (including phenoxy) is 1. The van der Waals surface area contributed by atoms with Crippen LogP contribution in [-0.2, 0) is 14.3 Å². The van der Waals surface area contributed by atoms with Gasteiger partial charge in [-0.25, -0.2) is 0 Å². The van der Waals surface area contributed by atoms with Crippen LogP contribution in [0.2, 0.25) is 0 Å². The first-order chi connectivity index (χ1) is 39.0. The van der Waals surface area contributed by atoms with Gasteiger partial charge in [-0.05, 0) is 57.8 Å². The maximum atomic E-state index is 12.5. The molecule has 0 aliphatic heterocycles. The summed E-state index contributed by atoms with van der Waals surface area (Å²) in [5, 5.41) is 23.3. The molecule has 3 N–H and O–H groups in total. The molecule has 0 heterocycles. The number of hydrogen-bond acceptors (Lipinski definition) is 5. The summed E-state index contributed by atoms with van der Waals surface area (Å²) in [4.78, 5) is 24.6. The van der Waals surface area contributed by atoms with Crippen LogP contribution in [-0.4, -0.2) is 47.4 Å². The van der Waals surface area contributed by atoms with E-state index in [9.17, 15) is 19.8 Å². The molecule has 2 unspecified atom stereocenters. The Bertz CT molecular complexity index is 1230. The minimum absolute atomic E-state index is 0.0174. The van der Waals surface area contributed by atoms with Crippen molar-refractivity contribution in [1.29, 1.82) is 0 Å². The summed E-state index contributed by atoms with van der Waals surface area (Å²) >= 11 is 0. The number of unbranched alkanes of at least 4 members (excludes halogenated alkanes) is 53. The van der Waals surface area contributed by atoms with Crippen LogP contribution >= 0.6 is 0 Å². The van der Waals surface area contributed by atoms with Crippen LogP contribution in [0.4, 0.5) is 0 Å². The van der Waals surface area contributed by atoms with E-state index in [2.05, 4.69) is 43.5 Å². The SMILES string of the molecule is CCCCCCCCCCCCCCCCCCC(=O)OCCCCCCCCCCC/C=C\C/C=C\CCCCCCCCCCCCCCCCCC(=O)NC(CO)C(O)CCCCCCCCCCCCCCCCC. The summed E-state index contributed by atoms with van der Waals surface area (Å²) in [6, 6.07) is -0.541. The molecule has 6 nitrogen and oxygen atoms in total. The topological polar surface area (TPSA) is 95.9 Å². The van der Waals surface area contributed by atoms with Crippen LogP contribution in [0.3, 0.4) is 0 Å². The molecule has 79 heavy (non-hydrogen) atoms. The van der Waals surface area contributed by atoms with Crippen molar-refractivity contribution < 1.29 is 24.5 Å². The summed E-state index contributed by atoms with van der Waals surface area (Å²) in [5.41, 5.74) is 0. The fourth-order valence-electron chi connectivity index (χ4n) is 11.5. The third-order valence-corrected chi connectivity index (χ3v) is 17.0. The maximum Gasteiger partial charge on any atom is 0.305 e. The van der Waals surface area contributed by atoms with Gasteiger partial charge in [-0.15, -0.1) is 0 Å². The van der Waals surface area contributed by atoms with Gasteiger partial charge in [-0.3, -0.25) is 9.59 Å². The highest BCUT2D eigenvalue weighted by atomic mass is 16.5. The lowest BCUT2D eigenvalue weighted by Gasteiger charge is -2.22. The summed E-state index contributed by atoms with van der Waals surface area (Å²) < 4.78 is 5.50. The van der Waals surface area contributed by atoms with Crippen molar-refractivity contribution in [3.05, 3.63) is 24.3 Å². The van der Waals surface area contributed by atoms with Gasteiger partial charge in [0.1, 0.15) is 0 Å². The summed E-state index contributed by atoms with van der Waals surface area (Å²) in [6.07, 6.45) is 86.6. The van der Waals surface area contributed by atoms with Crippen molar-refractivity contribution in [2.75, 3.05) is 13.2 Å². The molecule has 0 saturated heterocycles. The number of rotatable bonds is 68. The van der Waals surface area contributed by atoms with Crippen LogP contribution in [0.1, 0.15) is 406 Å². The smallest absolute Gasteiger partial charge is 0.305 e. The molecule has 0 aromatic rings. The minimum Gasteiger partial charge on any atom is -0.466 e.